The Kier molecular flexibility index (Phi) is 3.84. The van der Waals surface area contributed by atoms with Gasteiger partial charge in [-0.3, -0.25) is 9.78 Å². The van der Waals surface area contributed by atoms with Crippen LogP contribution in [0.2, 0.25) is 0 Å². The number of nitrogens with zero attached hydrogens (tertiary/aromatic N) is 1. The van der Waals surface area contributed by atoms with Crippen molar-refractivity contribution >= 4 is 11.7 Å². The van der Waals surface area contributed by atoms with Crippen molar-refractivity contribution in [3.8, 4) is 0 Å². The molecule has 1 aromatic heterocycles. The van der Waals surface area contributed by atoms with Crippen LogP contribution in [0.15, 0.2) is 18.3 Å². The van der Waals surface area contributed by atoms with E-state index in [1.807, 2.05) is 12.1 Å². The predicted octanol–water partition coefficient (Wildman–Crippen LogP) is 2.87. The van der Waals surface area contributed by atoms with Crippen LogP contribution < -0.4 is 5.32 Å². The van der Waals surface area contributed by atoms with Gasteiger partial charge in [-0.2, -0.15) is 0 Å². The van der Waals surface area contributed by atoms with E-state index in [-0.39, 0.29) is 0 Å². The number of carbonyl (C=O) groups is 1. The maximum absolute atomic E-state index is 11.3. The van der Waals surface area contributed by atoms with Gasteiger partial charge in [-0.05, 0) is 38.3 Å². The van der Waals surface area contributed by atoms with E-state index in [1.165, 1.54) is 0 Å². The molecule has 2 rings (SSSR count). The molecule has 4 nitrogen and oxygen atoms in total. The number of carboxylic acid groups (broad SMARTS) is 1. The third-order valence-electron chi connectivity index (χ3n) is 3.16. The highest BCUT2D eigenvalue weighted by Gasteiger charge is 2.30. The maximum Gasteiger partial charge on any atom is 0.312 e. The van der Waals surface area contributed by atoms with Crippen LogP contribution in [0.25, 0.3) is 0 Å². The lowest BCUT2D eigenvalue weighted by Crippen LogP contribution is -2.15. The quantitative estimate of drug-likeness (QED) is 0.812. The van der Waals surface area contributed by atoms with Crippen LogP contribution in [-0.2, 0) is 4.79 Å². The number of aliphatic carboxylic acids is 1. The van der Waals surface area contributed by atoms with Crippen molar-refractivity contribution in [1.29, 1.82) is 0 Å². The zero-order valence-corrected chi connectivity index (χ0v) is 10.9. The molecule has 1 fully saturated rings. The molecule has 1 unspecified atom stereocenters. The van der Waals surface area contributed by atoms with Crippen LogP contribution >= 0.6 is 0 Å². The largest absolute Gasteiger partial charge is 0.481 e. The summed E-state index contributed by atoms with van der Waals surface area (Å²) in [4.78, 5) is 15.6. The normalized spacial score (nSPS) is 16.6. The summed E-state index contributed by atoms with van der Waals surface area (Å²) in [6.45, 7) is 4.11. The highest BCUT2D eigenvalue weighted by Crippen LogP contribution is 2.38. The topological polar surface area (TPSA) is 62.2 Å². The first-order valence-electron chi connectivity index (χ1n) is 6.51. The monoisotopic (exact) mass is 248 g/mol. The number of hydrogen-bond donors (Lipinski definition) is 2. The molecule has 0 amide bonds. The van der Waals surface area contributed by atoms with Gasteiger partial charge >= 0.3 is 5.97 Å². The van der Waals surface area contributed by atoms with Crippen LogP contribution in [0.4, 0.5) is 5.69 Å². The first-order valence-corrected chi connectivity index (χ1v) is 6.51. The molecule has 0 aliphatic heterocycles. The van der Waals surface area contributed by atoms with E-state index >= 15 is 0 Å². The van der Waals surface area contributed by atoms with E-state index in [0.717, 1.165) is 24.9 Å². The van der Waals surface area contributed by atoms with Gasteiger partial charge in [0.15, 0.2) is 0 Å². The van der Waals surface area contributed by atoms with E-state index in [9.17, 15) is 9.90 Å². The Morgan fingerprint density at radius 2 is 2.22 bits per heavy atom. The Labute approximate surface area is 107 Å². The number of carboxylic acids is 1. The molecule has 0 bridgehead atoms. The Morgan fingerprint density at radius 1 is 1.50 bits per heavy atom. The highest BCUT2D eigenvalue weighted by molar-refractivity contribution is 5.75. The SMILES string of the molecule is CC(C)Nc1ccc(C(CC2CC2)C(=O)O)nc1. The number of rotatable bonds is 6. The van der Waals surface area contributed by atoms with Crippen LogP contribution in [0.3, 0.4) is 0 Å². The van der Waals surface area contributed by atoms with Crippen LogP contribution in [-0.4, -0.2) is 22.1 Å². The zero-order valence-electron chi connectivity index (χ0n) is 10.9. The Bertz CT molecular complexity index is 410. The van der Waals surface area contributed by atoms with E-state index in [0.29, 0.717) is 17.7 Å². The Balaban J connectivity index is 2.07. The number of aromatic nitrogens is 1. The molecule has 1 aromatic rings. The van der Waals surface area contributed by atoms with Gasteiger partial charge in [-0.15, -0.1) is 0 Å². The van der Waals surface area contributed by atoms with Crippen molar-refractivity contribution in [2.45, 2.75) is 45.1 Å². The first kappa shape index (κ1) is 12.9. The summed E-state index contributed by atoms with van der Waals surface area (Å²) in [7, 11) is 0. The van der Waals surface area contributed by atoms with Crippen molar-refractivity contribution in [3.63, 3.8) is 0 Å². The number of pyridine rings is 1. The number of hydrogen-bond acceptors (Lipinski definition) is 3. The molecule has 2 N–H and O–H groups in total. The summed E-state index contributed by atoms with van der Waals surface area (Å²) >= 11 is 0. The molecule has 98 valence electrons. The molecular formula is C14H20N2O2. The molecule has 0 spiro atoms. The van der Waals surface area contributed by atoms with E-state index in [1.54, 1.807) is 6.20 Å². The van der Waals surface area contributed by atoms with Gasteiger partial charge in [0.1, 0.15) is 0 Å². The molecule has 1 aliphatic rings. The Morgan fingerprint density at radius 3 is 2.67 bits per heavy atom. The second kappa shape index (κ2) is 5.38. The fourth-order valence-corrected chi connectivity index (χ4v) is 2.07. The smallest absolute Gasteiger partial charge is 0.312 e. The van der Waals surface area contributed by atoms with Crippen molar-refractivity contribution in [1.82, 2.24) is 4.98 Å². The van der Waals surface area contributed by atoms with Crippen molar-refractivity contribution in [2.24, 2.45) is 5.92 Å². The van der Waals surface area contributed by atoms with Gasteiger partial charge in [-0.25, -0.2) is 0 Å². The molecule has 1 heterocycles. The molecule has 4 heteroatoms. The maximum atomic E-state index is 11.3. The molecule has 0 saturated heterocycles. The van der Waals surface area contributed by atoms with Gasteiger partial charge < -0.3 is 10.4 Å². The van der Waals surface area contributed by atoms with E-state index < -0.39 is 11.9 Å². The van der Waals surface area contributed by atoms with Gasteiger partial charge in [0, 0.05) is 6.04 Å². The molecule has 0 aromatic carbocycles. The zero-order chi connectivity index (χ0) is 13.1. The van der Waals surface area contributed by atoms with E-state index in [4.69, 9.17) is 0 Å². The standard InChI is InChI=1S/C14H20N2O2/c1-9(2)16-11-5-6-13(15-8-11)12(14(17)18)7-10-3-4-10/h5-6,8-10,12,16H,3-4,7H2,1-2H3,(H,17,18). The minimum Gasteiger partial charge on any atom is -0.481 e. The minimum atomic E-state index is -0.765. The summed E-state index contributed by atoms with van der Waals surface area (Å²) in [5.41, 5.74) is 1.60. The van der Waals surface area contributed by atoms with Crippen LogP contribution in [0, 0.1) is 5.92 Å². The minimum absolute atomic E-state index is 0.347. The van der Waals surface area contributed by atoms with Gasteiger partial charge in [-0.1, -0.05) is 12.8 Å². The van der Waals surface area contributed by atoms with Gasteiger partial charge in [0.05, 0.1) is 23.5 Å². The second-order valence-electron chi connectivity index (χ2n) is 5.34. The fraction of sp³-hybridized carbons (Fsp3) is 0.571. The number of nitrogens with one attached hydrogen (secondary N) is 1. The highest BCUT2D eigenvalue weighted by atomic mass is 16.4. The van der Waals surface area contributed by atoms with Crippen LogP contribution in [0.5, 0.6) is 0 Å². The van der Waals surface area contributed by atoms with E-state index in [2.05, 4.69) is 24.1 Å². The van der Waals surface area contributed by atoms with Crippen LogP contribution in [0.1, 0.15) is 44.7 Å². The number of anilines is 1. The lowest BCUT2D eigenvalue weighted by Gasteiger charge is -2.13. The fourth-order valence-electron chi connectivity index (χ4n) is 2.07. The molecule has 1 saturated carbocycles. The summed E-state index contributed by atoms with van der Waals surface area (Å²) in [5.74, 6) is -0.633. The summed E-state index contributed by atoms with van der Waals surface area (Å²) in [5, 5.41) is 12.5. The van der Waals surface area contributed by atoms with Crippen molar-refractivity contribution < 1.29 is 9.90 Å². The van der Waals surface area contributed by atoms with Gasteiger partial charge in [0.2, 0.25) is 0 Å². The predicted molar refractivity (Wildman–Crippen MR) is 70.7 cm³/mol. The lowest BCUT2D eigenvalue weighted by molar-refractivity contribution is -0.139. The molecule has 1 atom stereocenters. The van der Waals surface area contributed by atoms with Crippen molar-refractivity contribution in [3.05, 3.63) is 24.0 Å². The molecular weight excluding hydrogens is 228 g/mol. The third kappa shape index (κ3) is 3.45. The average molecular weight is 248 g/mol. The molecule has 0 radical (unpaired) electrons. The third-order valence-corrected chi connectivity index (χ3v) is 3.16. The average Bonchev–Trinajstić information content (AvgIpc) is 3.10. The molecule has 1 aliphatic carbocycles. The summed E-state index contributed by atoms with van der Waals surface area (Å²) < 4.78 is 0. The lowest BCUT2D eigenvalue weighted by atomic mass is 9.98. The summed E-state index contributed by atoms with van der Waals surface area (Å²) in [6.07, 6.45) is 4.77. The summed E-state index contributed by atoms with van der Waals surface area (Å²) in [6, 6.07) is 4.08. The Hall–Kier alpha value is -1.58. The van der Waals surface area contributed by atoms with Crippen molar-refractivity contribution in [2.75, 3.05) is 5.32 Å². The van der Waals surface area contributed by atoms with Gasteiger partial charge in [0.25, 0.3) is 0 Å². The first-order chi connectivity index (χ1) is 8.56. The molecule has 18 heavy (non-hydrogen) atoms. The second-order valence-corrected chi connectivity index (χ2v) is 5.34.